The highest BCUT2D eigenvalue weighted by atomic mass is 16.6. The van der Waals surface area contributed by atoms with Gasteiger partial charge in [-0.05, 0) is 19.8 Å². The van der Waals surface area contributed by atoms with Gasteiger partial charge < -0.3 is 19.9 Å². The van der Waals surface area contributed by atoms with Crippen molar-refractivity contribution in [1.29, 1.82) is 0 Å². The maximum Gasteiger partial charge on any atom is 0.306 e. The summed E-state index contributed by atoms with van der Waals surface area (Å²) in [5, 5.41) is 11.6. The van der Waals surface area contributed by atoms with Crippen molar-refractivity contribution in [3.8, 4) is 0 Å². The number of hydrogen-bond acceptors (Lipinski definition) is 4. The molecule has 2 N–H and O–H groups in total. The van der Waals surface area contributed by atoms with Gasteiger partial charge in [-0.1, -0.05) is 13.3 Å². The Labute approximate surface area is 113 Å². The number of aliphatic carboxylic acids is 1. The van der Waals surface area contributed by atoms with E-state index in [2.05, 4.69) is 5.32 Å². The summed E-state index contributed by atoms with van der Waals surface area (Å²) in [6.07, 6.45) is 1.64. The van der Waals surface area contributed by atoms with Gasteiger partial charge in [0.25, 0.3) is 5.91 Å². The van der Waals surface area contributed by atoms with Crippen molar-refractivity contribution < 1.29 is 24.2 Å². The second-order valence-electron chi connectivity index (χ2n) is 5.01. The fraction of sp³-hybridized carbons (Fsp3) is 0.846. The molecule has 0 bridgehead atoms. The average Bonchev–Trinajstić information content (AvgIpc) is 2.39. The molecule has 1 rings (SSSR count). The third kappa shape index (κ3) is 6.02. The number of carbonyl (C=O) groups is 2. The number of carboxylic acid groups (broad SMARTS) is 1. The van der Waals surface area contributed by atoms with Crippen LogP contribution in [0.4, 0.5) is 0 Å². The van der Waals surface area contributed by atoms with E-state index in [1.54, 1.807) is 6.92 Å². The molecule has 6 nitrogen and oxygen atoms in total. The fourth-order valence-electron chi connectivity index (χ4n) is 1.90. The van der Waals surface area contributed by atoms with Crippen LogP contribution in [0.2, 0.25) is 0 Å². The molecular weight excluding hydrogens is 250 g/mol. The molecule has 0 spiro atoms. The minimum Gasteiger partial charge on any atom is -0.481 e. The quantitative estimate of drug-likeness (QED) is 0.716. The number of amides is 1. The van der Waals surface area contributed by atoms with Gasteiger partial charge in [-0.25, -0.2) is 0 Å². The van der Waals surface area contributed by atoms with Crippen LogP contribution < -0.4 is 5.32 Å². The molecule has 110 valence electrons. The Hall–Kier alpha value is -1.14. The molecule has 1 aliphatic rings. The Balaban J connectivity index is 2.17. The zero-order valence-electron chi connectivity index (χ0n) is 11.6. The van der Waals surface area contributed by atoms with Gasteiger partial charge in [0.1, 0.15) is 0 Å². The van der Waals surface area contributed by atoms with Crippen molar-refractivity contribution in [2.24, 2.45) is 5.92 Å². The van der Waals surface area contributed by atoms with Gasteiger partial charge in [-0.2, -0.15) is 0 Å². The molecule has 1 heterocycles. The molecule has 0 radical (unpaired) electrons. The summed E-state index contributed by atoms with van der Waals surface area (Å²) in [6, 6.07) is 0.0130. The molecule has 19 heavy (non-hydrogen) atoms. The first-order valence-electron chi connectivity index (χ1n) is 6.73. The number of ether oxygens (including phenoxy) is 2. The maximum absolute atomic E-state index is 11.8. The van der Waals surface area contributed by atoms with E-state index in [4.69, 9.17) is 14.6 Å². The lowest BCUT2D eigenvalue weighted by Gasteiger charge is -2.24. The first-order valence-corrected chi connectivity index (χ1v) is 6.73. The standard InChI is InChI=1S/C13H23NO5/c1-9(13(16)17)4-3-5-10(2)14-12(15)11-8-18-6-7-19-11/h9-11H,3-8H2,1-2H3,(H,14,15)(H,16,17). The number of carboxylic acids is 1. The van der Waals surface area contributed by atoms with Crippen molar-refractivity contribution in [1.82, 2.24) is 5.32 Å². The number of rotatable bonds is 7. The third-order valence-corrected chi connectivity index (χ3v) is 3.19. The zero-order chi connectivity index (χ0) is 14.3. The average molecular weight is 273 g/mol. The second-order valence-corrected chi connectivity index (χ2v) is 5.01. The summed E-state index contributed by atoms with van der Waals surface area (Å²) in [5.74, 6) is -1.26. The summed E-state index contributed by atoms with van der Waals surface area (Å²) in [5.41, 5.74) is 0. The first kappa shape index (κ1) is 15.9. The van der Waals surface area contributed by atoms with Gasteiger partial charge in [-0.3, -0.25) is 9.59 Å². The molecular formula is C13H23NO5. The van der Waals surface area contributed by atoms with Crippen LogP contribution in [0, 0.1) is 5.92 Å². The Morgan fingerprint density at radius 2 is 2.05 bits per heavy atom. The van der Waals surface area contributed by atoms with Crippen molar-refractivity contribution in [2.75, 3.05) is 19.8 Å². The summed E-state index contributed by atoms with van der Waals surface area (Å²) in [6.45, 7) is 4.88. The number of carbonyl (C=O) groups excluding carboxylic acids is 1. The highest BCUT2D eigenvalue weighted by molar-refractivity contribution is 5.81. The van der Waals surface area contributed by atoms with Crippen molar-refractivity contribution in [3.63, 3.8) is 0 Å². The predicted molar refractivity (Wildman–Crippen MR) is 68.8 cm³/mol. The minimum absolute atomic E-state index is 0.0130. The van der Waals surface area contributed by atoms with Crippen LogP contribution in [-0.4, -0.2) is 48.9 Å². The van der Waals surface area contributed by atoms with Crippen LogP contribution in [-0.2, 0) is 19.1 Å². The van der Waals surface area contributed by atoms with Crippen LogP contribution in [0.5, 0.6) is 0 Å². The topological polar surface area (TPSA) is 84.9 Å². The monoisotopic (exact) mass is 273 g/mol. The highest BCUT2D eigenvalue weighted by Crippen LogP contribution is 2.10. The molecule has 3 atom stereocenters. The highest BCUT2D eigenvalue weighted by Gasteiger charge is 2.23. The van der Waals surface area contributed by atoms with E-state index >= 15 is 0 Å². The Bertz CT molecular complexity index is 301. The summed E-state index contributed by atoms with van der Waals surface area (Å²) in [7, 11) is 0. The lowest BCUT2D eigenvalue weighted by molar-refractivity contribution is -0.148. The zero-order valence-corrected chi connectivity index (χ0v) is 11.6. The minimum atomic E-state index is -0.774. The molecule has 1 aliphatic heterocycles. The van der Waals surface area contributed by atoms with Gasteiger partial charge in [-0.15, -0.1) is 0 Å². The van der Waals surface area contributed by atoms with Crippen molar-refractivity contribution in [3.05, 3.63) is 0 Å². The molecule has 1 amide bonds. The molecule has 0 aliphatic carbocycles. The SMILES string of the molecule is CC(CCCC(C)C(=O)O)NC(=O)C1COCCO1. The van der Waals surface area contributed by atoms with Gasteiger partial charge in [0.15, 0.2) is 6.10 Å². The summed E-state index contributed by atoms with van der Waals surface area (Å²) >= 11 is 0. The lowest BCUT2D eigenvalue weighted by Crippen LogP contribution is -2.45. The van der Waals surface area contributed by atoms with Crippen LogP contribution in [0.15, 0.2) is 0 Å². The van der Waals surface area contributed by atoms with Gasteiger partial charge in [0.2, 0.25) is 0 Å². The summed E-state index contributed by atoms with van der Waals surface area (Å²) in [4.78, 5) is 22.5. The van der Waals surface area contributed by atoms with Gasteiger partial charge in [0, 0.05) is 6.04 Å². The van der Waals surface area contributed by atoms with E-state index < -0.39 is 12.1 Å². The van der Waals surface area contributed by atoms with Crippen LogP contribution in [0.3, 0.4) is 0 Å². The van der Waals surface area contributed by atoms with Crippen molar-refractivity contribution >= 4 is 11.9 Å². The molecule has 1 saturated heterocycles. The molecule has 0 aromatic heterocycles. The maximum atomic E-state index is 11.8. The van der Waals surface area contributed by atoms with E-state index in [1.807, 2.05) is 6.92 Å². The molecule has 6 heteroatoms. The molecule has 3 unspecified atom stereocenters. The van der Waals surface area contributed by atoms with E-state index in [9.17, 15) is 9.59 Å². The Morgan fingerprint density at radius 1 is 1.32 bits per heavy atom. The fourth-order valence-corrected chi connectivity index (χ4v) is 1.90. The first-order chi connectivity index (χ1) is 9.00. The second kappa shape index (κ2) is 8.12. The van der Waals surface area contributed by atoms with Gasteiger partial charge in [0.05, 0.1) is 25.7 Å². The summed E-state index contributed by atoms with van der Waals surface area (Å²) < 4.78 is 10.5. The smallest absolute Gasteiger partial charge is 0.306 e. The Kier molecular flexibility index (Phi) is 6.80. The molecule has 0 saturated carbocycles. The lowest BCUT2D eigenvalue weighted by atomic mass is 10.0. The van der Waals surface area contributed by atoms with E-state index in [0.29, 0.717) is 26.2 Å². The van der Waals surface area contributed by atoms with Crippen LogP contribution in [0.1, 0.15) is 33.1 Å². The Morgan fingerprint density at radius 3 is 2.63 bits per heavy atom. The molecule has 0 aromatic carbocycles. The van der Waals surface area contributed by atoms with E-state index in [1.165, 1.54) is 0 Å². The van der Waals surface area contributed by atoms with Crippen molar-refractivity contribution in [2.45, 2.75) is 45.3 Å². The van der Waals surface area contributed by atoms with Crippen LogP contribution in [0.25, 0.3) is 0 Å². The number of nitrogens with one attached hydrogen (secondary N) is 1. The van der Waals surface area contributed by atoms with E-state index in [0.717, 1.165) is 12.8 Å². The van der Waals surface area contributed by atoms with Crippen LogP contribution >= 0.6 is 0 Å². The third-order valence-electron chi connectivity index (χ3n) is 3.19. The number of hydrogen-bond donors (Lipinski definition) is 2. The normalized spacial score (nSPS) is 22.5. The molecule has 1 fully saturated rings. The molecule has 0 aromatic rings. The van der Waals surface area contributed by atoms with Gasteiger partial charge >= 0.3 is 5.97 Å². The largest absolute Gasteiger partial charge is 0.481 e. The predicted octanol–water partition coefficient (Wildman–Crippen LogP) is 0.798. The van der Waals surface area contributed by atoms with E-state index in [-0.39, 0.29) is 17.9 Å².